The molecule has 1 aromatic carbocycles. The molecule has 0 bridgehead atoms. The Morgan fingerprint density at radius 2 is 1.87 bits per heavy atom. The number of ether oxygens (including phenoxy) is 1. The predicted molar refractivity (Wildman–Crippen MR) is 116 cm³/mol. The van der Waals surface area contributed by atoms with Gasteiger partial charge in [-0.05, 0) is 24.3 Å². The van der Waals surface area contributed by atoms with Gasteiger partial charge in [0, 0.05) is 31.3 Å². The van der Waals surface area contributed by atoms with Crippen molar-refractivity contribution in [1.82, 2.24) is 0 Å². The van der Waals surface area contributed by atoms with Gasteiger partial charge in [0.15, 0.2) is 0 Å². The molecule has 0 unspecified atom stereocenters. The number of hydrogen-bond donors (Lipinski definition) is 1. The molecule has 0 aromatic heterocycles. The number of hydrogen-bond acceptors (Lipinski definition) is 8. The van der Waals surface area contributed by atoms with Crippen LogP contribution >= 0.6 is 23.2 Å². The van der Waals surface area contributed by atoms with Crippen molar-refractivity contribution in [3.8, 4) is 6.07 Å². The van der Waals surface area contributed by atoms with E-state index in [1.54, 1.807) is 12.1 Å². The van der Waals surface area contributed by atoms with Crippen LogP contribution in [0.4, 0.5) is 11.4 Å². The number of carbonyl (C=O) groups excluding carboxylic acids is 1. The van der Waals surface area contributed by atoms with Gasteiger partial charge in [0.05, 0.1) is 34.8 Å². The Labute approximate surface area is 183 Å². The second-order valence-corrected chi connectivity index (χ2v) is 6.84. The Kier molecular flexibility index (Phi) is 8.53. The first-order valence-corrected chi connectivity index (χ1v) is 9.53. The average molecular weight is 451 g/mol. The zero-order valence-corrected chi connectivity index (χ0v) is 17.5. The monoisotopic (exact) mass is 450 g/mol. The highest BCUT2D eigenvalue weighted by molar-refractivity contribution is 6.58. The van der Waals surface area contributed by atoms with E-state index < -0.39 is 4.90 Å². The van der Waals surface area contributed by atoms with Crippen molar-refractivity contribution in [2.75, 3.05) is 30.0 Å². The molecule has 0 saturated carbocycles. The number of anilines is 2. The standard InChI is InChI=1S/C19H18Cl2N5O4/c1-13(27)30-10-9-25(8-2-7-22)15-5-3-14(4-6-15)23-24-19-17(20)11-16(26(28)29)12-18(19)21/h3-6,11-12,23H,2,8-10H2,1H3/q-1. The molecule has 0 spiro atoms. The van der Waals surface area contributed by atoms with Crippen LogP contribution in [0.3, 0.4) is 0 Å². The third kappa shape index (κ3) is 6.69. The van der Waals surface area contributed by atoms with Gasteiger partial charge < -0.3 is 20.1 Å². The third-order valence-corrected chi connectivity index (χ3v) is 4.48. The molecule has 0 aliphatic heterocycles. The minimum Gasteiger partial charge on any atom is -0.612 e. The zero-order valence-electron chi connectivity index (χ0n) is 16.0. The summed E-state index contributed by atoms with van der Waals surface area (Å²) in [4.78, 5) is 12.3. The summed E-state index contributed by atoms with van der Waals surface area (Å²) in [7, 11) is 0. The molecule has 0 atom stereocenters. The predicted octanol–water partition coefficient (Wildman–Crippen LogP) is 3.45. The highest BCUT2D eigenvalue weighted by Crippen LogP contribution is 2.23. The lowest BCUT2D eigenvalue weighted by molar-refractivity contribution is -0.377. The van der Waals surface area contributed by atoms with Crippen LogP contribution in [-0.4, -0.2) is 42.0 Å². The molecule has 9 nitrogen and oxygen atoms in total. The van der Waals surface area contributed by atoms with Crippen LogP contribution in [0.15, 0.2) is 51.6 Å². The summed E-state index contributed by atoms with van der Waals surface area (Å²) in [6.45, 7) is 2.50. The van der Waals surface area contributed by atoms with Crippen LogP contribution in [-0.2, 0) is 9.53 Å². The van der Waals surface area contributed by atoms with E-state index in [-0.39, 0.29) is 34.1 Å². The lowest BCUT2D eigenvalue weighted by atomic mass is 10.1. The maximum absolute atomic E-state index is 10.9. The second kappa shape index (κ2) is 11.1. The number of allylic oxidation sites excluding steroid dienone is 4. The van der Waals surface area contributed by atoms with E-state index in [1.807, 2.05) is 17.0 Å². The number of benzene rings is 1. The molecule has 158 valence electrons. The van der Waals surface area contributed by atoms with Crippen molar-refractivity contribution in [3.05, 3.63) is 56.9 Å². The molecule has 0 fully saturated rings. The van der Waals surface area contributed by atoms with Crippen molar-refractivity contribution in [2.24, 2.45) is 5.10 Å². The highest BCUT2D eigenvalue weighted by Gasteiger charge is 2.19. The maximum atomic E-state index is 10.9. The highest BCUT2D eigenvalue weighted by atomic mass is 35.5. The van der Waals surface area contributed by atoms with Crippen molar-refractivity contribution in [1.29, 1.82) is 5.26 Å². The molecule has 2 rings (SSSR count). The van der Waals surface area contributed by atoms with E-state index in [4.69, 9.17) is 33.2 Å². The quantitative estimate of drug-likeness (QED) is 0.278. The van der Waals surface area contributed by atoms with Gasteiger partial charge in [0.25, 0.3) is 0 Å². The lowest BCUT2D eigenvalue weighted by Crippen LogP contribution is -2.28. The van der Waals surface area contributed by atoms with Crippen LogP contribution in [0.5, 0.6) is 0 Å². The van der Waals surface area contributed by atoms with Gasteiger partial charge in [-0.3, -0.25) is 10.2 Å². The summed E-state index contributed by atoms with van der Waals surface area (Å²) in [5, 5.41) is 34.7. The van der Waals surface area contributed by atoms with Crippen molar-refractivity contribution in [3.63, 3.8) is 0 Å². The summed E-state index contributed by atoms with van der Waals surface area (Å²) in [5.74, 6) is -0.361. The normalized spacial score (nSPS) is 13.0. The summed E-state index contributed by atoms with van der Waals surface area (Å²) in [6.07, 6.45) is 2.67. The van der Waals surface area contributed by atoms with Gasteiger partial charge in [-0.1, -0.05) is 23.2 Å². The van der Waals surface area contributed by atoms with Gasteiger partial charge in [0.2, 0.25) is 5.71 Å². The first-order valence-electron chi connectivity index (χ1n) is 8.77. The minimum absolute atomic E-state index is 0.0477. The summed E-state index contributed by atoms with van der Waals surface area (Å²) >= 11 is 12.1. The van der Waals surface area contributed by atoms with Crippen LogP contribution < -0.4 is 10.3 Å². The first-order chi connectivity index (χ1) is 14.3. The Morgan fingerprint density at radius 3 is 2.40 bits per heavy atom. The molecule has 0 saturated heterocycles. The lowest BCUT2D eigenvalue weighted by Gasteiger charge is -2.23. The van der Waals surface area contributed by atoms with E-state index in [2.05, 4.69) is 16.6 Å². The molecule has 1 aromatic rings. The summed E-state index contributed by atoms with van der Waals surface area (Å²) < 4.78 is 4.97. The molecule has 11 heteroatoms. The molecule has 1 N–H and O–H groups in total. The molecule has 1 aliphatic rings. The number of rotatable bonds is 8. The van der Waals surface area contributed by atoms with E-state index >= 15 is 0 Å². The largest absolute Gasteiger partial charge is 0.612 e. The van der Waals surface area contributed by atoms with Gasteiger partial charge in [0.1, 0.15) is 12.3 Å². The van der Waals surface area contributed by atoms with Crippen LogP contribution in [0.2, 0.25) is 0 Å². The maximum Gasteiger partial charge on any atom is 0.302 e. The second-order valence-electron chi connectivity index (χ2n) is 6.02. The van der Waals surface area contributed by atoms with Gasteiger partial charge >= 0.3 is 5.97 Å². The minimum atomic E-state index is -0.590. The molecular formula is C19H18Cl2N5O4-. The smallest absolute Gasteiger partial charge is 0.302 e. The fourth-order valence-corrected chi connectivity index (χ4v) is 3.05. The fourth-order valence-electron chi connectivity index (χ4n) is 2.49. The van der Waals surface area contributed by atoms with E-state index in [9.17, 15) is 15.2 Å². The Morgan fingerprint density at radius 1 is 1.23 bits per heavy atom. The van der Waals surface area contributed by atoms with E-state index in [1.165, 1.54) is 19.1 Å². The number of nitrogens with zero attached hydrogens (tertiary/aromatic N) is 4. The van der Waals surface area contributed by atoms with E-state index in [0.717, 1.165) is 5.69 Å². The van der Waals surface area contributed by atoms with Gasteiger partial charge in [-0.15, -0.1) is 0 Å². The van der Waals surface area contributed by atoms with Crippen molar-refractivity contribution < 1.29 is 14.4 Å². The van der Waals surface area contributed by atoms with Gasteiger partial charge in [-0.25, -0.2) is 0 Å². The number of nitriles is 1. The summed E-state index contributed by atoms with van der Waals surface area (Å²) in [6, 6.07) is 9.26. The number of nitrogens with one attached hydrogen (secondary N) is 1. The van der Waals surface area contributed by atoms with Gasteiger partial charge in [-0.2, -0.15) is 15.3 Å². The first kappa shape index (κ1) is 23.1. The fraction of sp³-hybridized carbons (Fsp3) is 0.263. The molecule has 30 heavy (non-hydrogen) atoms. The Bertz CT molecular complexity index is 921. The topological polar surface area (TPSA) is 127 Å². The molecule has 0 radical (unpaired) electrons. The molecule has 0 amide bonds. The SMILES string of the molecule is CC(=O)OCCN(CCC#N)c1ccc(NN=C2C(Cl)=CC(=[N+]([O-])[O-])C=C2Cl)cc1. The number of halogens is 2. The van der Waals surface area contributed by atoms with Crippen molar-refractivity contribution >= 4 is 52.0 Å². The molecule has 0 heterocycles. The Balaban J connectivity index is 2.09. The average Bonchev–Trinajstić information content (AvgIpc) is 2.70. The summed E-state index contributed by atoms with van der Waals surface area (Å²) in [5.41, 5.74) is 4.24. The number of carbonyl (C=O) groups is 1. The third-order valence-electron chi connectivity index (χ3n) is 3.90. The van der Waals surface area contributed by atoms with Crippen LogP contribution in [0.25, 0.3) is 0 Å². The Hall–Kier alpha value is -3.22. The zero-order chi connectivity index (χ0) is 22.1. The molecule has 1 aliphatic carbocycles. The molecular weight excluding hydrogens is 433 g/mol. The van der Waals surface area contributed by atoms with Crippen molar-refractivity contribution in [2.45, 2.75) is 13.3 Å². The van der Waals surface area contributed by atoms with E-state index in [0.29, 0.717) is 25.2 Å². The van der Waals surface area contributed by atoms with Crippen LogP contribution in [0.1, 0.15) is 13.3 Å². The number of esters is 1. The number of hydrazone groups is 1. The van der Waals surface area contributed by atoms with Crippen LogP contribution in [0, 0.1) is 21.7 Å².